The topological polar surface area (TPSA) is 52.6 Å². The van der Waals surface area contributed by atoms with Crippen molar-refractivity contribution in [1.29, 1.82) is 0 Å². The molecule has 0 aliphatic carbocycles. The molecule has 4 nitrogen and oxygen atoms in total. The van der Waals surface area contributed by atoms with Gasteiger partial charge in [0.2, 0.25) is 0 Å². The van der Waals surface area contributed by atoms with Gasteiger partial charge in [0.05, 0.1) is 0 Å². The molecule has 0 N–H and O–H groups in total. The average Bonchev–Trinajstić information content (AvgIpc) is 1.96. The summed E-state index contributed by atoms with van der Waals surface area (Å²) in [7, 11) is 0. The van der Waals surface area contributed by atoms with Crippen molar-refractivity contribution in [1.82, 2.24) is 0 Å². The van der Waals surface area contributed by atoms with E-state index in [1.807, 2.05) is 22.6 Å². The first-order valence-corrected chi connectivity index (χ1v) is 5.35. The highest BCUT2D eigenvalue weighted by Crippen LogP contribution is 2.07. The lowest BCUT2D eigenvalue weighted by molar-refractivity contribution is -0.174. The van der Waals surface area contributed by atoms with E-state index in [1.165, 1.54) is 0 Å². The number of carbonyl (C=O) groups excluding carboxylic acids is 2. The molecule has 76 valence electrons. The molecule has 0 saturated carbocycles. The number of hydrogen-bond donors (Lipinski definition) is 0. The first kappa shape index (κ1) is 12.7. The van der Waals surface area contributed by atoms with Crippen LogP contribution in [0, 0.1) is 0 Å². The van der Waals surface area contributed by atoms with E-state index in [0.717, 1.165) is 0 Å². The van der Waals surface area contributed by atoms with Crippen LogP contribution in [0.4, 0.5) is 0 Å². The number of hydrogen-bond acceptors (Lipinski definition) is 4. The van der Waals surface area contributed by atoms with E-state index in [2.05, 4.69) is 4.74 Å². The molecule has 0 aromatic rings. The molecule has 0 amide bonds. The van der Waals surface area contributed by atoms with E-state index in [0.29, 0.717) is 4.43 Å². The minimum absolute atomic E-state index is 0.235. The second kappa shape index (κ2) is 5.41. The van der Waals surface area contributed by atoms with Crippen LogP contribution in [-0.2, 0) is 19.1 Å². The van der Waals surface area contributed by atoms with Crippen molar-refractivity contribution in [2.45, 2.75) is 26.4 Å². The predicted molar refractivity (Wildman–Crippen MR) is 55.7 cm³/mol. The summed E-state index contributed by atoms with van der Waals surface area (Å²) in [6.45, 7) is 5.31. The first-order chi connectivity index (χ1) is 5.87. The van der Waals surface area contributed by atoms with Crippen molar-refractivity contribution in [2.24, 2.45) is 0 Å². The molecule has 0 bridgehead atoms. The molecule has 0 heterocycles. The molecule has 0 aliphatic rings. The van der Waals surface area contributed by atoms with E-state index in [-0.39, 0.29) is 6.61 Å². The van der Waals surface area contributed by atoms with Crippen LogP contribution < -0.4 is 0 Å². The summed E-state index contributed by atoms with van der Waals surface area (Å²) in [4.78, 5) is 21.8. The lowest BCUT2D eigenvalue weighted by Gasteiger charge is -2.18. The van der Waals surface area contributed by atoms with Crippen molar-refractivity contribution >= 4 is 34.5 Å². The fourth-order valence-corrected chi connectivity index (χ4v) is 0.730. The number of halogens is 1. The maximum Gasteiger partial charge on any atom is 0.417 e. The van der Waals surface area contributed by atoms with Crippen molar-refractivity contribution in [2.75, 3.05) is 11.0 Å². The van der Waals surface area contributed by atoms with Gasteiger partial charge in [0, 0.05) is 4.43 Å². The Morgan fingerprint density at radius 2 is 1.77 bits per heavy atom. The minimum atomic E-state index is -0.933. The number of ether oxygens (including phenoxy) is 2. The molecule has 0 unspecified atom stereocenters. The van der Waals surface area contributed by atoms with Gasteiger partial charge < -0.3 is 9.47 Å². The van der Waals surface area contributed by atoms with E-state index in [1.54, 1.807) is 20.8 Å². The lowest BCUT2D eigenvalue weighted by atomic mass is 10.2. The third kappa shape index (κ3) is 6.80. The summed E-state index contributed by atoms with van der Waals surface area (Å²) < 4.78 is 10.0. The molecule has 0 fully saturated rings. The Kier molecular flexibility index (Phi) is 5.27. The Hall–Kier alpha value is -0.330. The molecular weight excluding hydrogens is 287 g/mol. The summed E-state index contributed by atoms with van der Waals surface area (Å²) in [6, 6.07) is 0. The Labute approximate surface area is 91.1 Å². The van der Waals surface area contributed by atoms with Crippen LogP contribution in [0.3, 0.4) is 0 Å². The van der Waals surface area contributed by atoms with Crippen molar-refractivity contribution < 1.29 is 19.1 Å². The van der Waals surface area contributed by atoms with Crippen LogP contribution in [0.1, 0.15) is 20.8 Å². The SMILES string of the molecule is CC(C)(C)OC(=O)C(=O)OCCI. The van der Waals surface area contributed by atoms with E-state index >= 15 is 0 Å². The first-order valence-electron chi connectivity index (χ1n) is 3.83. The zero-order valence-electron chi connectivity index (χ0n) is 7.93. The molecule has 0 rings (SSSR count). The number of rotatable bonds is 2. The van der Waals surface area contributed by atoms with Crippen LogP contribution in [0.25, 0.3) is 0 Å². The summed E-state index contributed by atoms with van der Waals surface area (Å²) >= 11 is 2.04. The second-order valence-electron chi connectivity index (χ2n) is 3.33. The Balaban J connectivity index is 3.91. The second-order valence-corrected chi connectivity index (χ2v) is 4.41. The summed E-state index contributed by atoms with van der Waals surface area (Å²) in [6.07, 6.45) is 0. The molecule has 0 atom stereocenters. The number of esters is 2. The highest BCUT2D eigenvalue weighted by molar-refractivity contribution is 14.1. The van der Waals surface area contributed by atoms with Crippen LogP contribution in [-0.4, -0.2) is 28.6 Å². The van der Waals surface area contributed by atoms with Crippen LogP contribution in [0.5, 0.6) is 0 Å². The third-order valence-corrected chi connectivity index (χ3v) is 1.32. The lowest BCUT2D eigenvalue weighted by Crippen LogP contribution is -2.30. The Morgan fingerprint density at radius 1 is 1.23 bits per heavy atom. The predicted octanol–water partition coefficient (Wildman–Crippen LogP) is 1.31. The maximum absolute atomic E-state index is 11.0. The van der Waals surface area contributed by atoms with Gasteiger partial charge in [-0.3, -0.25) is 0 Å². The summed E-state index contributed by atoms with van der Waals surface area (Å²) in [5.41, 5.74) is -0.652. The van der Waals surface area contributed by atoms with E-state index in [9.17, 15) is 9.59 Å². The largest absolute Gasteiger partial charge is 0.456 e. The van der Waals surface area contributed by atoms with Crippen LogP contribution in [0.15, 0.2) is 0 Å². The Morgan fingerprint density at radius 3 is 2.15 bits per heavy atom. The van der Waals surface area contributed by atoms with Gasteiger partial charge in [-0.1, -0.05) is 22.6 Å². The van der Waals surface area contributed by atoms with Crippen molar-refractivity contribution in [3.05, 3.63) is 0 Å². The van der Waals surface area contributed by atoms with Gasteiger partial charge >= 0.3 is 11.9 Å². The molecule has 0 saturated heterocycles. The zero-order valence-corrected chi connectivity index (χ0v) is 10.1. The molecule has 0 radical (unpaired) electrons. The summed E-state index contributed by atoms with van der Waals surface area (Å²) in [5.74, 6) is -1.86. The fraction of sp³-hybridized carbons (Fsp3) is 0.750. The standard InChI is InChI=1S/C8H13IO4/c1-8(2,3)13-7(11)6(10)12-5-4-9/h4-5H2,1-3H3. The minimum Gasteiger partial charge on any atom is -0.456 e. The average molecular weight is 300 g/mol. The van der Waals surface area contributed by atoms with E-state index < -0.39 is 17.5 Å². The van der Waals surface area contributed by atoms with Gasteiger partial charge in [0.25, 0.3) is 0 Å². The fourth-order valence-electron chi connectivity index (χ4n) is 0.510. The quantitative estimate of drug-likeness (QED) is 0.334. The smallest absolute Gasteiger partial charge is 0.417 e. The molecule has 13 heavy (non-hydrogen) atoms. The van der Waals surface area contributed by atoms with Crippen molar-refractivity contribution in [3.63, 3.8) is 0 Å². The van der Waals surface area contributed by atoms with Gasteiger partial charge in [-0.05, 0) is 20.8 Å². The molecule has 5 heteroatoms. The maximum atomic E-state index is 11.0. The van der Waals surface area contributed by atoms with Crippen molar-refractivity contribution in [3.8, 4) is 0 Å². The van der Waals surface area contributed by atoms with Gasteiger partial charge in [-0.25, -0.2) is 9.59 Å². The highest BCUT2D eigenvalue weighted by atomic mass is 127. The van der Waals surface area contributed by atoms with Crippen LogP contribution >= 0.6 is 22.6 Å². The number of carbonyl (C=O) groups is 2. The number of alkyl halides is 1. The highest BCUT2D eigenvalue weighted by Gasteiger charge is 2.23. The Bertz CT molecular complexity index is 195. The van der Waals surface area contributed by atoms with Gasteiger partial charge in [-0.2, -0.15) is 0 Å². The normalized spacial score (nSPS) is 10.8. The molecule has 0 aromatic heterocycles. The monoisotopic (exact) mass is 300 g/mol. The third-order valence-electron chi connectivity index (χ3n) is 0.876. The molecular formula is C8H13IO4. The van der Waals surface area contributed by atoms with Gasteiger partial charge in [0.1, 0.15) is 12.2 Å². The van der Waals surface area contributed by atoms with Gasteiger partial charge in [-0.15, -0.1) is 0 Å². The van der Waals surface area contributed by atoms with Crippen LogP contribution in [0.2, 0.25) is 0 Å². The molecule has 0 aliphatic heterocycles. The summed E-state index contributed by atoms with van der Waals surface area (Å²) in [5, 5.41) is 0. The molecule has 0 aromatic carbocycles. The van der Waals surface area contributed by atoms with E-state index in [4.69, 9.17) is 4.74 Å². The molecule has 0 spiro atoms. The zero-order chi connectivity index (χ0) is 10.5. The van der Waals surface area contributed by atoms with Gasteiger partial charge in [0.15, 0.2) is 0 Å².